The van der Waals surface area contributed by atoms with E-state index in [1.54, 1.807) is 0 Å². The van der Waals surface area contributed by atoms with Crippen molar-refractivity contribution in [2.75, 3.05) is 39.8 Å². The highest BCUT2D eigenvalue weighted by atomic mass is 16.3. The summed E-state index contributed by atoms with van der Waals surface area (Å²) in [4.78, 5) is 22.4. The molecule has 12 heteroatoms. The van der Waals surface area contributed by atoms with Gasteiger partial charge in [-0.2, -0.15) is 0 Å². The third-order valence-corrected chi connectivity index (χ3v) is 2.15. The third-order valence-electron chi connectivity index (χ3n) is 2.15. The Kier molecular flexibility index (Phi) is 12.5. The quantitative estimate of drug-likeness (QED) is 0.248. The number of carbonyl (C=O) groups excluding carboxylic acids is 2. The van der Waals surface area contributed by atoms with Crippen LogP contribution in [0.25, 0.3) is 0 Å². The van der Waals surface area contributed by atoms with E-state index in [0.29, 0.717) is 13.1 Å². The summed E-state index contributed by atoms with van der Waals surface area (Å²) in [6, 6.07) is -1.13. The maximum absolute atomic E-state index is 10.9. The number of nitrogens with two attached hydrogens (primary N) is 2. The lowest BCUT2D eigenvalue weighted by Gasteiger charge is -2.13. The van der Waals surface area contributed by atoms with E-state index in [0.717, 1.165) is 0 Å². The zero-order valence-electron chi connectivity index (χ0n) is 11.8. The van der Waals surface area contributed by atoms with Crippen molar-refractivity contribution in [1.29, 1.82) is 0 Å². The highest BCUT2D eigenvalue weighted by molar-refractivity contribution is 5.76. The predicted octanol–water partition coefficient (Wildman–Crippen LogP) is -3.05. The SMILES string of the molecule is NC(N)=O.O=C1N(CO)CCN1CO.OCC(O)=C(O)CO. The zero-order valence-corrected chi connectivity index (χ0v) is 11.8. The lowest BCUT2D eigenvalue weighted by atomic mass is 10.4. The summed E-state index contributed by atoms with van der Waals surface area (Å²) in [6.07, 6.45) is 0. The van der Waals surface area contributed by atoms with Gasteiger partial charge in [-0.1, -0.05) is 0 Å². The van der Waals surface area contributed by atoms with E-state index in [9.17, 15) is 4.79 Å². The summed E-state index contributed by atoms with van der Waals surface area (Å²) in [5.41, 5.74) is 8.50. The molecule has 1 heterocycles. The fourth-order valence-corrected chi connectivity index (χ4v) is 1.08. The minimum Gasteiger partial charge on any atom is -0.506 e. The van der Waals surface area contributed by atoms with Gasteiger partial charge in [0.15, 0.2) is 11.5 Å². The first kappa shape index (κ1) is 22.0. The van der Waals surface area contributed by atoms with Crippen molar-refractivity contribution in [1.82, 2.24) is 9.80 Å². The predicted molar refractivity (Wildman–Crippen MR) is 73.2 cm³/mol. The van der Waals surface area contributed by atoms with Crippen molar-refractivity contribution >= 4 is 12.1 Å². The molecule has 0 spiro atoms. The Morgan fingerprint density at radius 1 is 0.909 bits per heavy atom. The Labute approximate surface area is 126 Å². The molecular weight excluding hydrogens is 304 g/mol. The molecule has 12 nitrogen and oxygen atoms in total. The fourth-order valence-electron chi connectivity index (χ4n) is 1.08. The molecule has 1 saturated heterocycles. The zero-order chi connectivity index (χ0) is 17.7. The van der Waals surface area contributed by atoms with Gasteiger partial charge in [0.2, 0.25) is 0 Å². The number of carbonyl (C=O) groups is 2. The van der Waals surface area contributed by atoms with Crippen molar-refractivity contribution in [3.63, 3.8) is 0 Å². The molecule has 0 atom stereocenters. The van der Waals surface area contributed by atoms with Crippen LogP contribution in [0.1, 0.15) is 0 Å². The van der Waals surface area contributed by atoms with Gasteiger partial charge in [-0.25, -0.2) is 9.59 Å². The average molecular weight is 326 g/mol. The summed E-state index contributed by atoms with van der Waals surface area (Å²) >= 11 is 0. The van der Waals surface area contributed by atoms with Crippen molar-refractivity contribution in [3.8, 4) is 0 Å². The van der Waals surface area contributed by atoms with Crippen LogP contribution in [-0.2, 0) is 0 Å². The second-order valence-electron chi connectivity index (χ2n) is 3.70. The Morgan fingerprint density at radius 3 is 1.32 bits per heavy atom. The van der Waals surface area contributed by atoms with Crippen LogP contribution < -0.4 is 11.5 Å². The standard InChI is InChI=1S/C5H10N2O3.C4H8O4.CH4N2O/c8-3-6-1-2-7(4-9)5(6)10;5-1-3(7)4(8)2-6;2-1(3)4/h8-9H,1-4H2;5-8H,1-2H2;(H4,2,3,4). The number of primary amides is 2. The minimum atomic E-state index is -0.833. The fraction of sp³-hybridized carbons (Fsp3) is 0.600. The maximum Gasteiger partial charge on any atom is 0.323 e. The van der Waals surface area contributed by atoms with E-state index in [1.165, 1.54) is 9.80 Å². The molecular formula is C10H22N4O8. The molecule has 130 valence electrons. The molecule has 0 radical (unpaired) electrons. The van der Waals surface area contributed by atoms with E-state index in [2.05, 4.69) is 11.5 Å². The van der Waals surface area contributed by atoms with Crippen LogP contribution in [0.5, 0.6) is 0 Å². The summed E-state index contributed by atoms with van der Waals surface area (Å²) in [7, 11) is 0. The van der Waals surface area contributed by atoms with Crippen molar-refractivity contribution in [3.05, 3.63) is 11.5 Å². The molecule has 4 amide bonds. The first-order chi connectivity index (χ1) is 10.2. The van der Waals surface area contributed by atoms with Crippen LogP contribution in [0.4, 0.5) is 9.59 Å². The van der Waals surface area contributed by atoms with Crippen molar-refractivity contribution in [2.45, 2.75) is 0 Å². The molecule has 10 N–H and O–H groups in total. The minimum absolute atomic E-state index is 0.269. The molecule has 1 aliphatic heterocycles. The van der Waals surface area contributed by atoms with Crippen LogP contribution in [0.2, 0.25) is 0 Å². The molecule has 1 fully saturated rings. The second-order valence-corrected chi connectivity index (χ2v) is 3.70. The molecule has 0 aromatic carbocycles. The molecule has 1 aliphatic rings. The van der Waals surface area contributed by atoms with Gasteiger partial charge in [-0.3, -0.25) is 9.80 Å². The van der Waals surface area contributed by atoms with Gasteiger partial charge in [0.05, 0.1) is 0 Å². The second kappa shape index (κ2) is 12.5. The number of hydrogen-bond acceptors (Lipinski definition) is 8. The highest BCUT2D eigenvalue weighted by Crippen LogP contribution is 2.04. The average Bonchev–Trinajstić information content (AvgIpc) is 2.85. The van der Waals surface area contributed by atoms with Gasteiger partial charge in [-0.05, 0) is 0 Å². The van der Waals surface area contributed by atoms with Crippen molar-refractivity contribution in [2.24, 2.45) is 11.5 Å². The van der Waals surface area contributed by atoms with E-state index >= 15 is 0 Å². The van der Waals surface area contributed by atoms with Gasteiger partial charge in [-0.15, -0.1) is 0 Å². The highest BCUT2D eigenvalue weighted by Gasteiger charge is 2.26. The number of nitrogens with zero attached hydrogens (tertiary/aromatic N) is 2. The van der Waals surface area contributed by atoms with Gasteiger partial charge < -0.3 is 42.1 Å². The summed E-state index contributed by atoms with van der Waals surface area (Å²) in [6.45, 7) is -0.838. The summed E-state index contributed by atoms with van der Waals surface area (Å²) in [5.74, 6) is -1.18. The molecule has 0 aromatic rings. The van der Waals surface area contributed by atoms with E-state index in [1.807, 2.05) is 0 Å². The maximum atomic E-state index is 10.9. The number of rotatable bonds is 4. The topological polar surface area (TPSA) is 214 Å². The van der Waals surface area contributed by atoms with Gasteiger partial charge in [0.1, 0.15) is 26.7 Å². The first-order valence-electron chi connectivity index (χ1n) is 5.87. The smallest absolute Gasteiger partial charge is 0.323 e. The van der Waals surface area contributed by atoms with Gasteiger partial charge in [0.25, 0.3) is 0 Å². The number of amides is 4. The van der Waals surface area contributed by atoms with Crippen LogP contribution in [-0.4, -0.2) is 92.3 Å². The normalized spacial score (nSPS) is 14.5. The molecule has 0 saturated carbocycles. The molecule has 0 unspecified atom stereocenters. The molecule has 0 bridgehead atoms. The Bertz CT molecular complexity index is 346. The number of aliphatic hydroxyl groups excluding tert-OH is 6. The van der Waals surface area contributed by atoms with Gasteiger partial charge >= 0.3 is 12.1 Å². The Hall–Kier alpha value is -2.28. The summed E-state index contributed by atoms with van der Waals surface area (Å²) in [5, 5.41) is 49.9. The van der Waals surface area contributed by atoms with Gasteiger partial charge in [0, 0.05) is 13.1 Å². The first-order valence-corrected chi connectivity index (χ1v) is 5.87. The number of aliphatic hydroxyl groups is 6. The van der Waals surface area contributed by atoms with E-state index in [4.69, 9.17) is 35.4 Å². The Morgan fingerprint density at radius 2 is 1.18 bits per heavy atom. The van der Waals surface area contributed by atoms with E-state index < -0.39 is 30.8 Å². The van der Waals surface area contributed by atoms with Crippen LogP contribution in [0.15, 0.2) is 11.5 Å². The lowest BCUT2D eigenvalue weighted by Crippen LogP contribution is -2.32. The molecule has 1 rings (SSSR count). The van der Waals surface area contributed by atoms with Crippen LogP contribution >= 0.6 is 0 Å². The molecule has 22 heavy (non-hydrogen) atoms. The van der Waals surface area contributed by atoms with Crippen LogP contribution in [0.3, 0.4) is 0 Å². The largest absolute Gasteiger partial charge is 0.506 e. The van der Waals surface area contributed by atoms with Crippen molar-refractivity contribution < 1.29 is 40.2 Å². The Balaban J connectivity index is 0. The third kappa shape index (κ3) is 9.60. The van der Waals surface area contributed by atoms with Crippen LogP contribution in [0, 0.1) is 0 Å². The lowest BCUT2D eigenvalue weighted by molar-refractivity contribution is 0.113. The number of hydrogen-bond donors (Lipinski definition) is 8. The summed E-state index contributed by atoms with van der Waals surface area (Å²) < 4.78 is 0. The molecule has 0 aromatic heterocycles. The number of urea groups is 2. The molecule has 0 aliphatic carbocycles. The monoisotopic (exact) mass is 326 g/mol. The van der Waals surface area contributed by atoms with E-state index in [-0.39, 0.29) is 19.5 Å².